The molecule has 36 heavy (non-hydrogen) atoms. The molecular formula is C25H31Cl2N3O5S. The van der Waals surface area contributed by atoms with Crippen LogP contribution in [0.15, 0.2) is 36.4 Å². The molecule has 0 aromatic heterocycles. The van der Waals surface area contributed by atoms with E-state index >= 15 is 0 Å². The second-order valence-corrected chi connectivity index (χ2v) is 11.6. The van der Waals surface area contributed by atoms with Gasteiger partial charge in [0.2, 0.25) is 0 Å². The molecule has 1 amide bonds. The van der Waals surface area contributed by atoms with Crippen molar-refractivity contribution in [2.45, 2.75) is 44.8 Å². The topological polar surface area (TPSA) is 88.2 Å². The van der Waals surface area contributed by atoms with Crippen LogP contribution >= 0.6 is 23.2 Å². The first-order valence-electron chi connectivity index (χ1n) is 12.0. The standard InChI is InChI=1S/C25H31Cl2N3O5S/c1-17-22(26)7-8-23(24(17)27)35-21-11-13-29(14-12-21)19-9-15-30(16-10-19)36(32,33)28-25(31)18-3-5-20(34-2)6-4-18/h3-8,19,21H,9-16H2,1-2H3,(H,28,31). The number of benzene rings is 2. The summed E-state index contributed by atoms with van der Waals surface area (Å²) in [7, 11) is -2.39. The average molecular weight is 557 g/mol. The lowest BCUT2D eigenvalue weighted by Crippen LogP contribution is -2.52. The summed E-state index contributed by atoms with van der Waals surface area (Å²) in [6.07, 6.45) is 3.24. The van der Waals surface area contributed by atoms with E-state index in [1.165, 1.54) is 23.5 Å². The lowest BCUT2D eigenvalue weighted by atomic mass is 10.00. The van der Waals surface area contributed by atoms with Crippen molar-refractivity contribution in [2.24, 2.45) is 0 Å². The number of hydrogen-bond acceptors (Lipinski definition) is 6. The van der Waals surface area contributed by atoms with Gasteiger partial charge in [0.1, 0.15) is 17.6 Å². The van der Waals surface area contributed by atoms with Crippen LogP contribution in [0.4, 0.5) is 0 Å². The average Bonchev–Trinajstić information content (AvgIpc) is 2.89. The number of carbonyl (C=O) groups excluding carboxylic acids is 1. The van der Waals surface area contributed by atoms with E-state index in [-0.39, 0.29) is 11.7 Å². The van der Waals surface area contributed by atoms with Crippen LogP contribution in [-0.2, 0) is 10.2 Å². The van der Waals surface area contributed by atoms with E-state index in [0.29, 0.717) is 53.5 Å². The lowest BCUT2D eigenvalue weighted by molar-refractivity contribution is 0.0584. The van der Waals surface area contributed by atoms with Crippen LogP contribution in [0, 0.1) is 6.92 Å². The molecule has 196 valence electrons. The highest BCUT2D eigenvalue weighted by molar-refractivity contribution is 7.87. The van der Waals surface area contributed by atoms with E-state index in [0.717, 1.165) is 31.5 Å². The van der Waals surface area contributed by atoms with Gasteiger partial charge in [0, 0.05) is 42.8 Å². The zero-order chi connectivity index (χ0) is 25.9. The van der Waals surface area contributed by atoms with Crippen molar-refractivity contribution < 1.29 is 22.7 Å². The molecule has 0 spiro atoms. The highest BCUT2D eigenvalue weighted by atomic mass is 35.5. The Kier molecular flexibility index (Phi) is 8.67. The Hall–Kier alpha value is -2.04. The molecule has 0 unspecified atom stereocenters. The molecule has 2 fully saturated rings. The summed E-state index contributed by atoms with van der Waals surface area (Å²) < 4.78 is 40.3. The molecule has 2 aliphatic rings. The largest absolute Gasteiger partial charge is 0.497 e. The fourth-order valence-corrected chi connectivity index (χ4v) is 6.28. The number of halogens is 2. The van der Waals surface area contributed by atoms with Crippen LogP contribution in [0.2, 0.25) is 10.0 Å². The van der Waals surface area contributed by atoms with Crippen molar-refractivity contribution in [1.29, 1.82) is 0 Å². The van der Waals surface area contributed by atoms with Crippen LogP contribution in [0.3, 0.4) is 0 Å². The number of methoxy groups -OCH3 is 1. The Bertz CT molecular complexity index is 1180. The number of carbonyl (C=O) groups is 1. The summed E-state index contributed by atoms with van der Waals surface area (Å²) in [5.74, 6) is 0.598. The zero-order valence-corrected chi connectivity index (χ0v) is 22.7. The normalized spacial score (nSPS) is 18.7. The molecule has 2 heterocycles. The monoisotopic (exact) mass is 555 g/mol. The van der Waals surface area contributed by atoms with E-state index in [1.54, 1.807) is 18.2 Å². The van der Waals surface area contributed by atoms with Crippen molar-refractivity contribution in [3.05, 3.63) is 57.6 Å². The third-order valence-corrected chi connectivity index (χ3v) is 9.28. The van der Waals surface area contributed by atoms with Gasteiger partial charge in [-0.15, -0.1) is 0 Å². The summed E-state index contributed by atoms with van der Waals surface area (Å²) in [6, 6.07) is 10.2. The fourth-order valence-electron chi connectivity index (χ4n) is 4.70. The van der Waals surface area contributed by atoms with Gasteiger partial charge in [-0.3, -0.25) is 4.79 Å². The SMILES string of the molecule is COc1ccc(C(=O)NS(=O)(=O)N2CCC(N3CCC(Oc4ccc(Cl)c(C)c4Cl)CC3)CC2)cc1. The molecule has 0 atom stereocenters. The summed E-state index contributed by atoms with van der Waals surface area (Å²) in [4.78, 5) is 14.9. The van der Waals surface area contributed by atoms with Gasteiger partial charge < -0.3 is 14.4 Å². The van der Waals surface area contributed by atoms with Crippen LogP contribution in [0.5, 0.6) is 11.5 Å². The Morgan fingerprint density at radius 2 is 1.61 bits per heavy atom. The first kappa shape index (κ1) is 27.0. The number of amides is 1. The maximum atomic E-state index is 12.8. The molecule has 0 aliphatic carbocycles. The Balaban J connectivity index is 1.25. The molecule has 2 aliphatic heterocycles. The van der Waals surface area contributed by atoms with Crippen LogP contribution in [0.1, 0.15) is 41.6 Å². The van der Waals surface area contributed by atoms with Gasteiger partial charge in [-0.25, -0.2) is 4.72 Å². The molecule has 0 saturated carbocycles. The molecule has 4 rings (SSSR count). The van der Waals surface area contributed by atoms with Crippen molar-refractivity contribution in [1.82, 2.24) is 13.9 Å². The van der Waals surface area contributed by atoms with Gasteiger partial charge in [-0.1, -0.05) is 23.2 Å². The van der Waals surface area contributed by atoms with Crippen molar-refractivity contribution in [3.8, 4) is 11.5 Å². The first-order chi connectivity index (χ1) is 17.2. The van der Waals surface area contributed by atoms with E-state index < -0.39 is 16.1 Å². The molecule has 11 heteroatoms. The number of ether oxygens (including phenoxy) is 2. The number of likely N-dealkylation sites (tertiary alicyclic amines) is 1. The summed E-state index contributed by atoms with van der Waals surface area (Å²) in [5.41, 5.74) is 1.07. The predicted octanol–water partition coefficient (Wildman–Crippen LogP) is 4.29. The molecular weight excluding hydrogens is 525 g/mol. The molecule has 0 bridgehead atoms. The molecule has 2 saturated heterocycles. The minimum atomic E-state index is -3.91. The zero-order valence-electron chi connectivity index (χ0n) is 20.4. The third kappa shape index (κ3) is 6.26. The lowest BCUT2D eigenvalue weighted by Gasteiger charge is -2.41. The number of hydrogen-bond donors (Lipinski definition) is 1. The molecule has 0 radical (unpaired) electrons. The van der Waals surface area contributed by atoms with E-state index in [1.807, 2.05) is 13.0 Å². The minimum Gasteiger partial charge on any atom is -0.497 e. The fraction of sp³-hybridized carbons (Fsp3) is 0.480. The van der Waals surface area contributed by atoms with E-state index in [2.05, 4.69) is 9.62 Å². The van der Waals surface area contributed by atoms with Crippen molar-refractivity contribution in [3.63, 3.8) is 0 Å². The van der Waals surface area contributed by atoms with Crippen molar-refractivity contribution in [2.75, 3.05) is 33.3 Å². The van der Waals surface area contributed by atoms with Gasteiger partial charge in [0.15, 0.2) is 0 Å². The summed E-state index contributed by atoms with van der Waals surface area (Å²) in [5, 5.41) is 1.17. The van der Waals surface area contributed by atoms with Gasteiger partial charge in [-0.05, 0) is 74.6 Å². The third-order valence-electron chi connectivity index (χ3n) is 6.91. The maximum absolute atomic E-state index is 12.8. The predicted molar refractivity (Wildman–Crippen MR) is 140 cm³/mol. The maximum Gasteiger partial charge on any atom is 0.304 e. The second-order valence-electron chi connectivity index (χ2n) is 9.13. The van der Waals surface area contributed by atoms with Crippen LogP contribution < -0.4 is 14.2 Å². The molecule has 1 N–H and O–H groups in total. The molecule has 2 aromatic carbocycles. The number of piperidine rings is 2. The van der Waals surface area contributed by atoms with E-state index in [4.69, 9.17) is 32.7 Å². The number of nitrogens with one attached hydrogen (secondary N) is 1. The minimum absolute atomic E-state index is 0.0768. The van der Waals surface area contributed by atoms with Gasteiger partial charge in [-0.2, -0.15) is 12.7 Å². The van der Waals surface area contributed by atoms with Gasteiger partial charge in [0.25, 0.3) is 5.91 Å². The second kappa shape index (κ2) is 11.6. The smallest absolute Gasteiger partial charge is 0.304 e. The number of nitrogens with zero attached hydrogens (tertiary/aromatic N) is 2. The summed E-state index contributed by atoms with van der Waals surface area (Å²) >= 11 is 12.5. The quantitative estimate of drug-likeness (QED) is 0.548. The van der Waals surface area contributed by atoms with Crippen LogP contribution in [0.25, 0.3) is 0 Å². The Morgan fingerprint density at radius 1 is 0.972 bits per heavy atom. The van der Waals surface area contributed by atoms with Gasteiger partial charge in [0.05, 0.1) is 12.1 Å². The Labute approximate surface area is 222 Å². The molecule has 8 nitrogen and oxygen atoms in total. The highest BCUT2D eigenvalue weighted by Gasteiger charge is 2.33. The van der Waals surface area contributed by atoms with E-state index in [9.17, 15) is 13.2 Å². The van der Waals surface area contributed by atoms with Crippen LogP contribution in [-0.4, -0.2) is 69.0 Å². The van der Waals surface area contributed by atoms with Gasteiger partial charge >= 0.3 is 10.2 Å². The first-order valence-corrected chi connectivity index (χ1v) is 14.2. The number of rotatable bonds is 7. The highest BCUT2D eigenvalue weighted by Crippen LogP contribution is 2.34. The van der Waals surface area contributed by atoms with Crippen molar-refractivity contribution >= 4 is 39.3 Å². The molecule has 2 aromatic rings. The Morgan fingerprint density at radius 3 is 2.22 bits per heavy atom. The summed E-state index contributed by atoms with van der Waals surface area (Å²) in [6.45, 7) is 4.36.